The average Bonchev–Trinajstić information content (AvgIpc) is 3.60. The lowest BCUT2D eigenvalue weighted by atomic mass is 10.0. The number of amidine groups is 1. The number of methoxy groups -OCH3 is 1. The molecule has 4 rings (SSSR count). The Kier molecular flexibility index (Phi) is 6.20. The first-order valence-corrected chi connectivity index (χ1v) is 10.6. The Morgan fingerprint density at radius 3 is 2.84 bits per heavy atom. The number of fused-ring (bicyclic) bond motifs is 1. The van der Waals surface area contributed by atoms with Crippen molar-refractivity contribution in [3.05, 3.63) is 52.7 Å². The molecule has 2 aliphatic rings. The molecule has 1 aromatic carbocycles. The van der Waals surface area contributed by atoms with Gasteiger partial charge in [-0.05, 0) is 61.2 Å². The summed E-state index contributed by atoms with van der Waals surface area (Å²) >= 11 is 0. The van der Waals surface area contributed by atoms with Crippen LogP contribution in [0.2, 0.25) is 0 Å². The number of hydrogen-bond acceptors (Lipinski definition) is 7. The predicted octanol–water partition coefficient (Wildman–Crippen LogP) is 1.98. The van der Waals surface area contributed by atoms with Crippen LogP contribution in [-0.4, -0.2) is 59.9 Å². The third kappa shape index (κ3) is 3.96. The van der Waals surface area contributed by atoms with Gasteiger partial charge in [0.15, 0.2) is 5.84 Å². The number of nitrogens with zero attached hydrogens (tertiary/aromatic N) is 3. The molecular weight excluding hydrogens is 408 g/mol. The Labute approximate surface area is 187 Å². The fourth-order valence-corrected chi connectivity index (χ4v) is 4.22. The van der Waals surface area contributed by atoms with E-state index in [-0.39, 0.29) is 30.3 Å². The molecule has 0 bridgehead atoms. The first kappa shape index (κ1) is 21.9. The maximum absolute atomic E-state index is 13.2. The second kappa shape index (κ2) is 9.05. The van der Waals surface area contributed by atoms with Crippen molar-refractivity contribution in [2.75, 3.05) is 25.7 Å². The number of aromatic nitrogens is 1. The van der Waals surface area contributed by atoms with Gasteiger partial charge in [0.2, 0.25) is 0 Å². The van der Waals surface area contributed by atoms with Crippen molar-refractivity contribution in [2.45, 2.75) is 32.0 Å². The van der Waals surface area contributed by atoms with E-state index < -0.39 is 0 Å². The number of amides is 1. The molecule has 1 unspecified atom stereocenters. The first-order chi connectivity index (χ1) is 15.5. The Bertz CT molecular complexity index is 1050. The van der Waals surface area contributed by atoms with Gasteiger partial charge in [-0.3, -0.25) is 20.5 Å². The molecule has 9 nitrogen and oxygen atoms in total. The highest BCUT2D eigenvalue weighted by atomic mass is 16.5. The summed E-state index contributed by atoms with van der Waals surface area (Å²) in [6, 6.07) is 8.56. The van der Waals surface area contributed by atoms with Crippen molar-refractivity contribution in [3.8, 4) is 5.75 Å². The van der Waals surface area contributed by atoms with E-state index >= 15 is 0 Å². The van der Waals surface area contributed by atoms with Crippen LogP contribution in [0, 0.1) is 16.7 Å². The number of pyridine rings is 1. The van der Waals surface area contributed by atoms with Gasteiger partial charge in [0.25, 0.3) is 5.91 Å². The summed E-state index contributed by atoms with van der Waals surface area (Å²) in [5.41, 5.74) is 2.86. The Balaban J connectivity index is 1.63. The van der Waals surface area contributed by atoms with Crippen molar-refractivity contribution in [1.82, 2.24) is 15.2 Å². The number of nitrogens with one attached hydrogen (secondary N) is 3. The minimum absolute atomic E-state index is 0.0366. The van der Waals surface area contributed by atoms with E-state index in [4.69, 9.17) is 15.6 Å². The van der Waals surface area contributed by atoms with E-state index in [1.165, 1.54) is 4.90 Å². The highest BCUT2D eigenvalue weighted by molar-refractivity contribution is 6.10. The molecule has 0 radical (unpaired) electrons. The molecular formula is C23H28N6O3. The number of rotatable bonds is 9. The molecule has 1 saturated carbocycles. The zero-order chi connectivity index (χ0) is 22.8. The molecule has 4 N–H and O–H groups in total. The van der Waals surface area contributed by atoms with Crippen molar-refractivity contribution in [3.63, 3.8) is 0 Å². The van der Waals surface area contributed by atoms with Gasteiger partial charge in [-0.1, -0.05) is 6.07 Å². The SMILES string of the molecule is CNCc1cc(OC)cc2c1CN(c1cccc(C(=N)N(C=N)C(CO)C3CC3)n1)C2=O. The Morgan fingerprint density at radius 1 is 1.44 bits per heavy atom. The van der Waals surface area contributed by atoms with Crippen LogP contribution < -0.4 is 15.0 Å². The van der Waals surface area contributed by atoms with Crippen LogP contribution in [0.3, 0.4) is 0 Å². The number of hydrogen-bond donors (Lipinski definition) is 4. The van der Waals surface area contributed by atoms with E-state index in [1.54, 1.807) is 36.3 Å². The molecule has 1 fully saturated rings. The molecule has 2 aromatic rings. The van der Waals surface area contributed by atoms with Crippen LogP contribution in [0.5, 0.6) is 5.75 Å². The van der Waals surface area contributed by atoms with Gasteiger partial charge in [0.05, 0.1) is 32.6 Å². The van der Waals surface area contributed by atoms with E-state index in [9.17, 15) is 9.90 Å². The normalized spacial score (nSPS) is 16.0. The van der Waals surface area contributed by atoms with Gasteiger partial charge in [-0.2, -0.15) is 0 Å². The molecule has 1 aliphatic carbocycles. The average molecular weight is 437 g/mol. The summed E-state index contributed by atoms with van der Waals surface area (Å²) in [5.74, 6) is 1.22. The second-order valence-corrected chi connectivity index (χ2v) is 8.09. The summed E-state index contributed by atoms with van der Waals surface area (Å²) in [5, 5.41) is 29.3. The maximum Gasteiger partial charge on any atom is 0.260 e. The van der Waals surface area contributed by atoms with Gasteiger partial charge in [-0.25, -0.2) is 4.98 Å². The summed E-state index contributed by atoms with van der Waals surface area (Å²) in [7, 11) is 3.43. The Morgan fingerprint density at radius 2 is 2.22 bits per heavy atom. The summed E-state index contributed by atoms with van der Waals surface area (Å²) in [6.07, 6.45) is 3.04. The molecule has 1 amide bonds. The van der Waals surface area contributed by atoms with E-state index in [2.05, 4.69) is 10.3 Å². The van der Waals surface area contributed by atoms with Crippen molar-refractivity contribution < 1.29 is 14.6 Å². The van der Waals surface area contributed by atoms with Crippen molar-refractivity contribution in [2.24, 2.45) is 5.92 Å². The van der Waals surface area contributed by atoms with E-state index in [1.807, 2.05) is 13.1 Å². The van der Waals surface area contributed by atoms with E-state index in [0.717, 1.165) is 30.3 Å². The number of aliphatic hydroxyl groups is 1. The third-order valence-electron chi connectivity index (χ3n) is 6.07. The molecule has 0 spiro atoms. The van der Waals surface area contributed by atoms with Crippen molar-refractivity contribution in [1.29, 1.82) is 10.8 Å². The van der Waals surface area contributed by atoms with Crippen LogP contribution in [0.25, 0.3) is 0 Å². The number of aliphatic hydroxyl groups excluding tert-OH is 1. The quantitative estimate of drug-likeness (QED) is 0.352. The smallest absolute Gasteiger partial charge is 0.260 e. The summed E-state index contributed by atoms with van der Waals surface area (Å²) in [6.45, 7) is 0.865. The van der Waals surface area contributed by atoms with Crippen molar-refractivity contribution >= 4 is 23.9 Å². The number of carbonyl (C=O) groups excluding carboxylic acids is 1. The zero-order valence-electron chi connectivity index (χ0n) is 18.3. The molecule has 1 aliphatic heterocycles. The Hall–Kier alpha value is -3.30. The molecule has 9 heteroatoms. The second-order valence-electron chi connectivity index (χ2n) is 8.09. The fraction of sp³-hybridized carbons (Fsp3) is 0.391. The van der Waals surface area contributed by atoms with Gasteiger partial charge in [0.1, 0.15) is 17.3 Å². The predicted molar refractivity (Wildman–Crippen MR) is 122 cm³/mol. The largest absolute Gasteiger partial charge is 0.497 e. The molecule has 32 heavy (non-hydrogen) atoms. The van der Waals surface area contributed by atoms with Crippen LogP contribution in [0.4, 0.5) is 5.82 Å². The number of benzene rings is 1. The van der Waals surface area contributed by atoms with Gasteiger partial charge in [-0.15, -0.1) is 0 Å². The standard InChI is InChI=1S/C23H28N6O3/c1-26-10-15-8-16(32-2)9-17-18(15)11-28(23(17)31)21-5-3-4-19(27-21)22(25)29(13-24)20(12-30)14-6-7-14/h3-5,8-9,13-14,20,24-26,30H,6-7,10-12H2,1-2H3. The van der Waals surface area contributed by atoms with E-state index in [0.29, 0.717) is 35.9 Å². The topological polar surface area (TPSA) is 126 Å². The van der Waals surface area contributed by atoms with Gasteiger partial charge < -0.3 is 20.1 Å². The number of ether oxygens (including phenoxy) is 1. The lowest BCUT2D eigenvalue weighted by molar-refractivity contribution is 0.0995. The number of anilines is 1. The molecule has 1 atom stereocenters. The maximum atomic E-state index is 13.2. The molecule has 168 valence electrons. The number of carbonyl (C=O) groups is 1. The highest BCUT2D eigenvalue weighted by Gasteiger charge is 2.36. The van der Waals surface area contributed by atoms with Gasteiger partial charge >= 0.3 is 0 Å². The van der Waals surface area contributed by atoms with Crippen LogP contribution >= 0.6 is 0 Å². The first-order valence-electron chi connectivity index (χ1n) is 10.6. The van der Waals surface area contributed by atoms with Gasteiger partial charge in [0, 0.05) is 12.1 Å². The summed E-state index contributed by atoms with van der Waals surface area (Å²) in [4.78, 5) is 20.9. The summed E-state index contributed by atoms with van der Waals surface area (Å²) < 4.78 is 5.37. The zero-order valence-corrected chi connectivity index (χ0v) is 18.3. The van der Waals surface area contributed by atoms with Crippen LogP contribution in [-0.2, 0) is 13.1 Å². The minimum Gasteiger partial charge on any atom is -0.497 e. The lowest BCUT2D eigenvalue weighted by Gasteiger charge is -2.28. The third-order valence-corrected chi connectivity index (χ3v) is 6.07. The lowest BCUT2D eigenvalue weighted by Crippen LogP contribution is -2.43. The highest BCUT2D eigenvalue weighted by Crippen LogP contribution is 2.36. The van der Waals surface area contributed by atoms with Crippen LogP contribution in [0.15, 0.2) is 30.3 Å². The molecule has 2 heterocycles. The fourth-order valence-electron chi connectivity index (χ4n) is 4.22. The molecule has 1 aromatic heterocycles. The molecule has 0 saturated heterocycles. The van der Waals surface area contributed by atoms with Crippen LogP contribution in [0.1, 0.15) is 40.0 Å². The monoisotopic (exact) mass is 436 g/mol. The minimum atomic E-state index is -0.306.